The monoisotopic (exact) mass is 1040 g/mol. The van der Waals surface area contributed by atoms with Crippen LogP contribution in [0.25, 0.3) is 61.0 Å². The minimum Gasteiger partial charge on any atom is -0.509 e. The number of nitrogens with zero attached hydrogens (tertiary/aromatic N) is 4. The predicted octanol–water partition coefficient (Wildman–Crippen LogP) is 15.9. The van der Waals surface area contributed by atoms with Crippen LogP contribution in [0, 0.1) is 32.6 Å². The molecule has 3 heterocycles. The van der Waals surface area contributed by atoms with Crippen molar-refractivity contribution in [3.63, 3.8) is 0 Å². The Hall–Kier alpha value is -7.20. The van der Waals surface area contributed by atoms with Crippen LogP contribution in [0.1, 0.15) is 41.6 Å². The van der Waals surface area contributed by atoms with Gasteiger partial charge in [0.15, 0.2) is 0 Å². The van der Waals surface area contributed by atoms with Gasteiger partial charge in [0, 0.05) is 79.4 Å². The van der Waals surface area contributed by atoms with Gasteiger partial charge in [0.1, 0.15) is 5.82 Å². The summed E-state index contributed by atoms with van der Waals surface area (Å²) in [6, 6.07) is 62.4. The summed E-state index contributed by atoms with van der Waals surface area (Å²) >= 11 is 0. The van der Waals surface area contributed by atoms with Gasteiger partial charge in [-0.2, -0.15) is 12.1 Å². The predicted molar refractivity (Wildman–Crippen MR) is 269 cm³/mol. The van der Waals surface area contributed by atoms with Crippen molar-refractivity contribution in [1.29, 1.82) is 0 Å². The van der Waals surface area contributed by atoms with E-state index in [0.29, 0.717) is 5.75 Å². The van der Waals surface area contributed by atoms with Crippen molar-refractivity contribution >= 4 is 44.6 Å². The van der Waals surface area contributed by atoms with E-state index in [0.717, 1.165) is 83.6 Å². The number of fused-ring (bicyclic) bond motifs is 4. The molecule has 1 aliphatic heterocycles. The van der Waals surface area contributed by atoms with E-state index in [2.05, 4.69) is 171 Å². The van der Waals surface area contributed by atoms with Gasteiger partial charge < -0.3 is 19.1 Å². The fourth-order valence-electron chi connectivity index (χ4n) is 8.97. The Labute approximate surface area is 406 Å². The molecule has 1 aliphatic rings. The van der Waals surface area contributed by atoms with Gasteiger partial charge in [-0.25, -0.2) is 4.98 Å². The van der Waals surface area contributed by atoms with Crippen molar-refractivity contribution in [3.8, 4) is 50.7 Å². The number of aromatic nitrogens is 2. The van der Waals surface area contributed by atoms with E-state index in [1.165, 1.54) is 11.1 Å². The Balaban J connectivity index is 0.00000553. The zero-order chi connectivity index (χ0) is 46.8. The Morgan fingerprint density at radius 3 is 1.98 bits per heavy atom. The van der Waals surface area contributed by atoms with E-state index < -0.39 is 0 Å². The second-order valence-electron chi connectivity index (χ2n) is 17.7. The van der Waals surface area contributed by atoms with Crippen LogP contribution < -0.4 is 14.5 Å². The smallest absolute Gasteiger partial charge is 0.135 e. The Morgan fingerprint density at radius 2 is 1.26 bits per heavy atom. The van der Waals surface area contributed by atoms with Gasteiger partial charge in [-0.15, -0.1) is 48.0 Å². The molecular formula is C60H47N4OPt-3. The Bertz CT molecular complexity index is 3570. The molecule has 8 aromatic carbocycles. The molecule has 0 spiro atoms. The van der Waals surface area contributed by atoms with Gasteiger partial charge >= 0.3 is 0 Å². The maximum absolute atomic E-state index is 9.31. The molecule has 0 atom stereocenters. The largest absolute Gasteiger partial charge is 0.509 e. The van der Waals surface area contributed by atoms with Crippen molar-refractivity contribution in [2.45, 2.75) is 40.0 Å². The van der Waals surface area contributed by atoms with Crippen molar-refractivity contribution in [2.75, 3.05) is 9.80 Å². The van der Waals surface area contributed by atoms with Crippen LogP contribution in [0.5, 0.6) is 11.5 Å². The molecule has 0 aliphatic carbocycles. The molecule has 0 radical (unpaired) electrons. The number of aryl methyl sites for hydroxylation is 2. The Kier molecular flexibility index (Phi) is 10.3. The molecule has 0 amide bonds. The summed E-state index contributed by atoms with van der Waals surface area (Å²) in [4.78, 5) is 9.05. The zero-order valence-corrected chi connectivity index (χ0v) is 39.5. The van der Waals surface area contributed by atoms with Gasteiger partial charge in [0.05, 0.1) is 0 Å². The maximum Gasteiger partial charge on any atom is 0.135 e. The van der Waals surface area contributed by atoms with E-state index in [-0.39, 0.29) is 56.0 Å². The van der Waals surface area contributed by atoms with Crippen LogP contribution >= 0.6 is 0 Å². The normalized spacial score (nSPS) is 13.0. The standard InChI is InChI=1S/C60H47N4O.Pt/c1-40-25-27-44(28-26-40)53-38-61-58(35-41(53)2)64-54-22-10-9-19-51(54)52-34-33-48(37-57(52)64)65-47-18-13-17-46(36-47)62-39-63(56-24-12-11-23-55(56)62)59-49(42-15-7-6-8-16-42)20-14-21-50(59)43-29-31-45(32-30-43)60(3,4)5;/h6-35,38-39H,1-5H3;/q-3;/i13D,17D,18D;. The minimum atomic E-state index is -0.272. The molecule has 0 fully saturated rings. The average molecular weight is 1040 g/mol. The summed E-state index contributed by atoms with van der Waals surface area (Å²) in [6.45, 7) is 12.8. The van der Waals surface area contributed by atoms with Gasteiger partial charge in [0.25, 0.3) is 0 Å². The summed E-state index contributed by atoms with van der Waals surface area (Å²) in [7, 11) is 0. The van der Waals surface area contributed by atoms with Crippen LogP contribution in [-0.4, -0.2) is 9.55 Å². The number of benzene rings is 8. The third-order valence-corrected chi connectivity index (χ3v) is 12.3. The molecule has 326 valence electrons. The van der Waals surface area contributed by atoms with Gasteiger partial charge in [0.2, 0.25) is 0 Å². The van der Waals surface area contributed by atoms with E-state index in [1.807, 2.05) is 66.3 Å². The van der Waals surface area contributed by atoms with Crippen molar-refractivity contribution in [1.82, 2.24) is 9.55 Å². The molecular weight excluding hydrogens is 988 g/mol. The minimum absolute atomic E-state index is 0. The van der Waals surface area contributed by atoms with Crippen molar-refractivity contribution in [3.05, 3.63) is 224 Å². The molecule has 0 bridgehead atoms. The SMILES string of the molecule is [2H]c1c(Oc2[c-]c3c(cc2)c2ccccc2n3-c2cc(C)c(-c3ccc(C)cc3)cn2)[c-]c(N2[CH-]N(c3c(-c4ccccc4)cccc3-c3ccc(C(C)(C)C)cc3)c3ccccc32)c([2H])c1[2H].[Pt]. The first-order valence-corrected chi connectivity index (χ1v) is 22.0. The molecule has 0 saturated heterocycles. The van der Waals surface area contributed by atoms with E-state index in [1.54, 1.807) is 0 Å². The summed E-state index contributed by atoms with van der Waals surface area (Å²) in [5.74, 6) is 1.10. The molecule has 0 saturated carbocycles. The number of hydrogen-bond acceptors (Lipinski definition) is 4. The first kappa shape index (κ1) is 39.2. The third-order valence-electron chi connectivity index (χ3n) is 12.3. The summed E-state index contributed by atoms with van der Waals surface area (Å²) in [6.07, 6.45) is 1.93. The number of rotatable bonds is 8. The van der Waals surface area contributed by atoms with Crippen molar-refractivity contribution < 1.29 is 29.9 Å². The molecule has 66 heavy (non-hydrogen) atoms. The maximum atomic E-state index is 9.31. The topological polar surface area (TPSA) is 33.5 Å². The fourth-order valence-corrected chi connectivity index (χ4v) is 8.97. The first-order valence-electron chi connectivity index (χ1n) is 23.5. The molecule has 5 nitrogen and oxygen atoms in total. The number of anilines is 4. The molecule has 0 unspecified atom stereocenters. The second kappa shape index (κ2) is 17.3. The van der Waals surface area contributed by atoms with Crippen LogP contribution in [0.4, 0.5) is 22.7 Å². The molecule has 6 heteroatoms. The van der Waals surface area contributed by atoms with Crippen LogP contribution in [0.15, 0.2) is 188 Å². The average Bonchev–Trinajstić information content (AvgIpc) is 3.90. The number of para-hydroxylation sites is 4. The molecule has 2 aromatic heterocycles. The quantitative estimate of drug-likeness (QED) is 0.142. The number of hydrogen-bond donors (Lipinski definition) is 0. The summed E-state index contributed by atoms with van der Waals surface area (Å²) in [5.41, 5.74) is 14.6. The molecule has 10 aromatic rings. The third kappa shape index (κ3) is 7.78. The van der Waals surface area contributed by atoms with Gasteiger partial charge in [-0.3, -0.25) is 0 Å². The van der Waals surface area contributed by atoms with E-state index >= 15 is 0 Å². The van der Waals surface area contributed by atoms with E-state index in [4.69, 9.17) is 12.5 Å². The van der Waals surface area contributed by atoms with Gasteiger partial charge in [-0.05, 0) is 79.5 Å². The molecule has 0 N–H and O–H groups in total. The summed E-state index contributed by atoms with van der Waals surface area (Å²) in [5, 5.41) is 2.01. The fraction of sp³-hybridized carbons (Fsp3) is 0.100. The second-order valence-corrected chi connectivity index (χ2v) is 17.7. The Morgan fingerprint density at radius 1 is 0.606 bits per heavy atom. The van der Waals surface area contributed by atoms with Crippen LogP contribution in [0.2, 0.25) is 0 Å². The van der Waals surface area contributed by atoms with Crippen molar-refractivity contribution in [2.24, 2.45) is 0 Å². The first-order chi connectivity index (χ1) is 32.9. The molecule has 11 rings (SSSR count). The van der Waals surface area contributed by atoms with E-state index in [9.17, 15) is 1.37 Å². The zero-order valence-electron chi connectivity index (χ0n) is 40.3. The number of pyridine rings is 1. The number of ether oxygens (including phenoxy) is 1. The van der Waals surface area contributed by atoms with Crippen LogP contribution in [0.3, 0.4) is 0 Å². The van der Waals surface area contributed by atoms with Gasteiger partial charge in [-0.1, -0.05) is 159 Å². The van der Waals surface area contributed by atoms with Crippen LogP contribution in [-0.2, 0) is 26.5 Å². The summed E-state index contributed by atoms with van der Waals surface area (Å²) < 4.78 is 36.2.